The van der Waals surface area contributed by atoms with Crippen LogP contribution in [0.25, 0.3) is 0 Å². The molecule has 1 aromatic rings. The summed E-state index contributed by atoms with van der Waals surface area (Å²) < 4.78 is 5.14. The molecule has 0 saturated carbocycles. The highest BCUT2D eigenvalue weighted by Crippen LogP contribution is 2.25. The molecule has 1 unspecified atom stereocenters. The van der Waals surface area contributed by atoms with Crippen molar-refractivity contribution in [3.8, 4) is 5.75 Å². The van der Waals surface area contributed by atoms with Gasteiger partial charge in [-0.15, -0.1) is 0 Å². The molecule has 1 atom stereocenters. The van der Waals surface area contributed by atoms with Gasteiger partial charge in [0.15, 0.2) is 0 Å². The van der Waals surface area contributed by atoms with Crippen molar-refractivity contribution in [1.82, 2.24) is 9.80 Å². The molecule has 4 nitrogen and oxygen atoms in total. The molecule has 1 rings (SSSR count). The molecule has 1 N–H and O–H groups in total. The van der Waals surface area contributed by atoms with Crippen molar-refractivity contribution >= 4 is 0 Å². The van der Waals surface area contributed by atoms with Crippen LogP contribution in [0.15, 0.2) is 24.3 Å². The largest absolute Gasteiger partial charge is 0.497 e. The summed E-state index contributed by atoms with van der Waals surface area (Å²) in [5, 5.41) is 10.5. The van der Waals surface area contributed by atoms with E-state index in [0.29, 0.717) is 0 Å². The van der Waals surface area contributed by atoms with E-state index in [-0.39, 0.29) is 5.92 Å². The van der Waals surface area contributed by atoms with Crippen molar-refractivity contribution < 1.29 is 9.84 Å². The van der Waals surface area contributed by atoms with Gasteiger partial charge in [0.1, 0.15) is 5.75 Å². The van der Waals surface area contributed by atoms with E-state index >= 15 is 0 Å². The summed E-state index contributed by atoms with van der Waals surface area (Å²) in [7, 11) is 9.77. The molecule has 4 heteroatoms. The molecule has 0 spiro atoms. The van der Waals surface area contributed by atoms with Crippen LogP contribution in [0, 0.1) is 5.92 Å². The normalized spacial score (nSPS) is 13.3. The summed E-state index contributed by atoms with van der Waals surface area (Å²) in [6, 6.07) is 7.64. The quantitative estimate of drug-likeness (QED) is 0.811. The fourth-order valence-electron chi connectivity index (χ4n) is 2.27. The van der Waals surface area contributed by atoms with Crippen LogP contribution in [0.2, 0.25) is 0 Å². The molecule has 19 heavy (non-hydrogen) atoms. The summed E-state index contributed by atoms with van der Waals surface area (Å²) in [6.07, 6.45) is -0.462. The smallest absolute Gasteiger partial charge is 0.118 e. The molecular weight excluding hydrogens is 240 g/mol. The van der Waals surface area contributed by atoms with Gasteiger partial charge in [-0.3, -0.25) is 0 Å². The standard InChI is InChI=1S/C15H26N2O2/c1-16(2)10-13(11-17(3)4)15(18)12-6-8-14(19-5)9-7-12/h6-9,13,15,18H,10-11H2,1-5H3. The lowest BCUT2D eigenvalue weighted by Crippen LogP contribution is -2.34. The van der Waals surface area contributed by atoms with Crippen LogP contribution in [0.5, 0.6) is 5.75 Å². The molecule has 0 amide bonds. The van der Waals surface area contributed by atoms with Gasteiger partial charge in [-0.1, -0.05) is 12.1 Å². The molecule has 0 bridgehead atoms. The van der Waals surface area contributed by atoms with E-state index in [9.17, 15) is 5.11 Å². The zero-order valence-corrected chi connectivity index (χ0v) is 12.6. The number of benzene rings is 1. The molecule has 1 aromatic carbocycles. The van der Waals surface area contributed by atoms with Crippen LogP contribution in [0.1, 0.15) is 11.7 Å². The van der Waals surface area contributed by atoms with Crippen molar-refractivity contribution in [3.63, 3.8) is 0 Å². The summed E-state index contributed by atoms with van der Waals surface area (Å²) in [5.74, 6) is 0.992. The van der Waals surface area contributed by atoms with Gasteiger partial charge in [0.25, 0.3) is 0 Å². The second-order valence-electron chi connectivity index (χ2n) is 5.50. The highest BCUT2D eigenvalue weighted by atomic mass is 16.5. The predicted molar refractivity (Wildman–Crippen MR) is 78.6 cm³/mol. The van der Waals surface area contributed by atoms with Crippen LogP contribution >= 0.6 is 0 Å². The third-order valence-corrected chi connectivity index (χ3v) is 3.10. The predicted octanol–water partition coefficient (Wildman–Crippen LogP) is 1.47. The molecule has 0 aliphatic rings. The maximum Gasteiger partial charge on any atom is 0.118 e. The molecule has 0 fully saturated rings. The van der Waals surface area contributed by atoms with E-state index in [1.54, 1.807) is 7.11 Å². The molecule has 0 heterocycles. The van der Waals surface area contributed by atoms with E-state index in [1.165, 1.54) is 0 Å². The highest BCUT2D eigenvalue weighted by Gasteiger charge is 2.22. The number of nitrogens with zero attached hydrogens (tertiary/aromatic N) is 2. The fourth-order valence-corrected chi connectivity index (χ4v) is 2.27. The lowest BCUT2D eigenvalue weighted by Gasteiger charge is -2.28. The van der Waals surface area contributed by atoms with Gasteiger partial charge in [0.05, 0.1) is 13.2 Å². The Morgan fingerprint density at radius 3 is 1.84 bits per heavy atom. The lowest BCUT2D eigenvalue weighted by molar-refractivity contribution is 0.0735. The van der Waals surface area contributed by atoms with Gasteiger partial charge < -0.3 is 19.6 Å². The van der Waals surface area contributed by atoms with E-state index < -0.39 is 6.10 Å². The Balaban J connectivity index is 2.80. The van der Waals surface area contributed by atoms with Gasteiger partial charge in [-0.05, 0) is 45.9 Å². The monoisotopic (exact) mass is 266 g/mol. The summed E-state index contributed by atoms with van der Waals surface area (Å²) in [4.78, 5) is 4.22. The van der Waals surface area contributed by atoms with Crippen LogP contribution in [0.3, 0.4) is 0 Å². The molecule has 0 aliphatic heterocycles. The van der Waals surface area contributed by atoms with Crippen LogP contribution in [-0.2, 0) is 0 Å². The maximum absolute atomic E-state index is 10.5. The van der Waals surface area contributed by atoms with Crippen LogP contribution in [0.4, 0.5) is 0 Å². The Kier molecular flexibility index (Phi) is 6.28. The SMILES string of the molecule is COc1ccc(C(O)C(CN(C)C)CN(C)C)cc1. The topological polar surface area (TPSA) is 35.9 Å². The number of ether oxygens (including phenoxy) is 1. The third-order valence-electron chi connectivity index (χ3n) is 3.10. The molecule has 0 aliphatic carbocycles. The molecule has 0 aromatic heterocycles. The average Bonchev–Trinajstić information content (AvgIpc) is 2.36. The van der Waals surface area contributed by atoms with Crippen molar-refractivity contribution in [2.45, 2.75) is 6.10 Å². The van der Waals surface area contributed by atoms with E-state index in [2.05, 4.69) is 9.80 Å². The van der Waals surface area contributed by atoms with Gasteiger partial charge >= 0.3 is 0 Å². The van der Waals surface area contributed by atoms with E-state index in [0.717, 1.165) is 24.4 Å². The first-order valence-corrected chi connectivity index (χ1v) is 6.55. The first kappa shape index (κ1) is 16.0. The Morgan fingerprint density at radius 2 is 1.47 bits per heavy atom. The lowest BCUT2D eigenvalue weighted by atomic mass is 9.94. The van der Waals surface area contributed by atoms with Gasteiger partial charge in [0.2, 0.25) is 0 Å². The van der Waals surface area contributed by atoms with Crippen molar-refractivity contribution in [3.05, 3.63) is 29.8 Å². The second kappa shape index (κ2) is 7.48. The fraction of sp³-hybridized carbons (Fsp3) is 0.600. The first-order chi connectivity index (χ1) is 8.93. The zero-order valence-electron chi connectivity index (χ0n) is 12.6. The van der Waals surface area contributed by atoms with Gasteiger partial charge in [-0.2, -0.15) is 0 Å². The van der Waals surface area contributed by atoms with E-state index in [1.807, 2.05) is 52.5 Å². The van der Waals surface area contributed by atoms with Gasteiger partial charge in [0, 0.05) is 19.0 Å². The Hall–Kier alpha value is -1.10. The number of aliphatic hydroxyl groups excluding tert-OH is 1. The molecule has 0 saturated heterocycles. The average molecular weight is 266 g/mol. The summed E-state index contributed by atoms with van der Waals surface area (Å²) >= 11 is 0. The maximum atomic E-state index is 10.5. The molecule has 108 valence electrons. The number of aliphatic hydroxyl groups is 1. The van der Waals surface area contributed by atoms with Crippen LogP contribution < -0.4 is 4.74 Å². The minimum atomic E-state index is -0.462. The van der Waals surface area contributed by atoms with Crippen molar-refractivity contribution in [2.24, 2.45) is 5.92 Å². The van der Waals surface area contributed by atoms with Crippen LogP contribution in [-0.4, -0.2) is 63.3 Å². The molecule has 0 radical (unpaired) electrons. The third kappa shape index (κ3) is 5.19. The second-order valence-corrected chi connectivity index (χ2v) is 5.50. The Bertz CT molecular complexity index is 353. The highest BCUT2D eigenvalue weighted by molar-refractivity contribution is 5.28. The zero-order chi connectivity index (χ0) is 14.4. The van der Waals surface area contributed by atoms with E-state index in [4.69, 9.17) is 4.74 Å². The number of rotatable bonds is 7. The number of hydrogen-bond acceptors (Lipinski definition) is 4. The van der Waals surface area contributed by atoms with Gasteiger partial charge in [-0.25, -0.2) is 0 Å². The first-order valence-electron chi connectivity index (χ1n) is 6.55. The minimum Gasteiger partial charge on any atom is -0.497 e. The molecular formula is C15H26N2O2. The van der Waals surface area contributed by atoms with Crippen molar-refractivity contribution in [2.75, 3.05) is 48.4 Å². The Labute approximate surface area is 116 Å². The summed E-state index contributed by atoms with van der Waals surface area (Å²) in [5.41, 5.74) is 0.939. The minimum absolute atomic E-state index is 0.179. The Morgan fingerprint density at radius 1 is 1.00 bits per heavy atom. The number of hydrogen-bond donors (Lipinski definition) is 1. The summed E-state index contributed by atoms with van der Waals surface area (Å²) in [6.45, 7) is 1.71. The van der Waals surface area contributed by atoms with Crippen molar-refractivity contribution in [1.29, 1.82) is 0 Å². The number of methoxy groups -OCH3 is 1.